The van der Waals surface area contributed by atoms with E-state index in [1.54, 1.807) is 19.1 Å². The minimum Gasteiger partial charge on any atom is -0.504 e. The van der Waals surface area contributed by atoms with Gasteiger partial charge in [0, 0.05) is 12.5 Å². The Kier molecular flexibility index (Phi) is 5.77. The van der Waals surface area contributed by atoms with Crippen molar-refractivity contribution in [3.8, 4) is 11.5 Å². The normalized spacial score (nSPS) is 36.2. The van der Waals surface area contributed by atoms with Gasteiger partial charge < -0.3 is 9.84 Å². The molecule has 0 spiro atoms. The van der Waals surface area contributed by atoms with Crippen LogP contribution in [-0.4, -0.2) is 67.4 Å². The molecule has 4 amide bonds. The highest BCUT2D eigenvalue weighted by molar-refractivity contribution is 9.09. The number of hydrogen-bond acceptors (Lipinski definition) is 6. The first-order chi connectivity index (χ1) is 16.6. The number of methoxy groups -OCH3 is 1. The summed E-state index contributed by atoms with van der Waals surface area (Å²) in [5.74, 6) is -4.45. The number of hydrogen-bond donors (Lipinski definition) is 1. The van der Waals surface area contributed by atoms with E-state index >= 15 is 0 Å². The van der Waals surface area contributed by atoms with Crippen LogP contribution in [0.25, 0.3) is 0 Å². The largest absolute Gasteiger partial charge is 0.504 e. The summed E-state index contributed by atoms with van der Waals surface area (Å²) in [5.41, 5.74) is 1.12. The summed E-state index contributed by atoms with van der Waals surface area (Å²) < 4.78 is 5.28. The van der Waals surface area contributed by atoms with Gasteiger partial charge in [0.05, 0.1) is 24.4 Å². The highest BCUT2D eigenvalue weighted by Crippen LogP contribution is 2.65. The van der Waals surface area contributed by atoms with E-state index in [1.165, 1.54) is 18.1 Å². The number of halogens is 3. The summed E-state index contributed by atoms with van der Waals surface area (Å²) in [6.07, 6.45) is 2.13. The lowest BCUT2D eigenvalue weighted by molar-refractivity contribution is -0.141. The van der Waals surface area contributed by atoms with Crippen molar-refractivity contribution < 1.29 is 29.0 Å². The van der Waals surface area contributed by atoms with E-state index in [-0.39, 0.29) is 41.7 Å². The molecule has 11 heteroatoms. The molecule has 1 N–H and O–H groups in total. The fourth-order valence-electron chi connectivity index (χ4n) is 6.38. The predicted octanol–water partition coefficient (Wildman–Crippen LogP) is 3.13. The van der Waals surface area contributed by atoms with Crippen LogP contribution in [0.4, 0.5) is 0 Å². The topological polar surface area (TPSA) is 104 Å². The SMILES string of the molecule is CCN1C(=O)[C@H]2[C@H](CC=C3[C@H]2C[C@@]2(Cl)C(=O)N(CBr)C(=O)[C@@]2(Cl)[C@H]3c2ccc(O)c(OC)c2)C1=O. The van der Waals surface area contributed by atoms with E-state index in [0.717, 1.165) is 4.90 Å². The van der Waals surface area contributed by atoms with Gasteiger partial charge in [0.2, 0.25) is 11.8 Å². The van der Waals surface area contributed by atoms with Crippen LogP contribution in [0.5, 0.6) is 11.5 Å². The minimum atomic E-state index is -1.88. The van der Waals surface area contributed by atoms with Gasteiger partial charge in [-0.3, -0.25) is 29.0 Å². The zero-order chi connectivity index (χ0) is 25.4. The number of allylic oxidation sites excluding steroid dienone is 2. The summed E-state index contributed by atoms with van der Waals surface area (Å²) in [6.45, 7) is 2.00. The average Bonchev–Trinajstić information content (AvgIpc) is 3.17. The maximum absolute atomic E-state index is 13.7. The van der Waals surface area contributed by atoms with Crippen molar-refractivity contribution in [3.63, 3.8) is 0 Å². The van der Waals surface area contributed by atoms with Crippen LogP contribution in [0.15, 0.2) is 29.8 Å². The summed E-state index contributed by atoms with van der Waals surface area (Å²) in [4.78, 5) is 52.0. The molecule has 1 aromatic carbocycles. The maximum Gasteiger partial charge on any atom is 0.254 e. The van der Waals surface area contributed by atoms with Gasteiger partial charge in [-0.1, -0.05) is 33.6 Å². The number of imide groups is 2. The van der Waals surface area contributed by atoms with Crippen LogP contribution in [0.1, 0.15) is 31.2 Å². The molecule has 0 radical (unpaired) electrons. The Balaban J connectivity index is 1.74. The molecule has 35 heavy (non-hydrogen) atoms. The molecular formula is C24H23BrCl2N2O6. The molecule has 186 valence electrons. The van der Waals surface area contributed by atoms with Crippen molar-refractivity contribution in [2.45, 2.75) is 35.4 Å². The molecule has 2 aliphatic heterocycles. The number of likely N-dealkylation sites (tertiary alicyclic amines) is 2. The molecule has 0 bridgehead atoms. The molecule has 1 saturated carbocycles. The Morgan fingerprint density at radius 2 is 1.83 bits per heavy atom. The maximum atomic E-state index is 13.7. The van der Waals surface area contributed by atoms with Crippen molar-refractivity contribution >= 4 is 62.8 Å². The number of alkyl halides is 3. The van der Waals surface area contributed by atoms with E-state index in [0.29, 0.717) is 17.6 Å². The summed E-state index contributed by atoms with van der Waals surface area (Å²) in [5, 5.41) is 10.2. The monoisotopic (exact) mass is 584 g/mol. The number of fused-ring (bicyclic) bond motifs is 4. The number of aromatic hydroxyl groups is 1. The zero-order valence-electron chi connectivity index (χ0n) is 19.0. The quantitative estimate of drug-likeness (QED) is 0.252. The first kappa shape index (κ1) is 24.6. The molecule has 4 aliphatic rings. The van der Waals surface area contributed by atoms with Gasteiger partial charge in [0.15, 0.2) is 21.2 Å². The van der Waals surface area contributed by atoms with Gasteiger partial charge in [0.25, 0.3) is 11.8 Å². The Morgan fingerprint density at radius 1 is 1.11 bits per heavy atom. The van der Waals surface area contributed by atoms with Gasteiger partial charge in [-0.15, -0.1) is 23.2 Å². The van der Waals surface area contributed by atoms with Crippen LogP contribution < -0.4 is 4.74 Å². The molecule has 2 aliphatic carbocycles. The Hall–Kier alpha value is -2.10. The van der Waals surface area contributed by atoms with Crippen LogP contribution >= 0.6 is 39.1 Å². The fraction of sp³-hybridized carbons (Fsp3) is 0.500. The van der Waals surface area contributed by atoms with E-state index in [1.807, 2.05) is 6.08 Å². The third-order valence-corrected chi connectivity index (χ3v) is 9.87. The molecule has 0 aromatic heterocycles. The molecule has 8 nitrogen and oxygen atoms in total. The molecule has 2 saturated heterocycles. The Bertz CT molecular complexity index is 1210. The summed E-state index contributed by atoms with van der Waals surface area (Å²) in [7, 11) is 1.40. The second kappa shape index (κ2) is 8.21. The van der Waals surface area contributed by atoms with Crippen molar-refractivity contribution in [3.05, 3.63) is 35.4 Å². The first-order valence-electron chi connectivity index (χ1n) is 11.3. The smallest absolute Gasteiger partial charge is 0.254 e. The third kappa shape index (κ3) is 2.98. The second-order valence-corrected chi connectivity index (χ2v) is 11.1. The lowest BCUT2D eigenvalue weighted by atomic mass is 9.56. The molecule has 1 aromatic rings. The minimum absolute atomic E-state index is 0.0541. The molecule has 2 heterocycles. The van der Waals surface area contributed by atoms with Gasteiger partial charge >= 0.3 is 0 Å². The van der Waals surface area contributed by atoms with E-state index in [2.05, 4.69) is 15.9 Å². The number of amides is 4. The van der Waals surface area contributed by atoms with Gasteiger partial charge in [-0.25, -0.2) is 0 Å². The number of phenolic OH excluding ortho intramolecular Hbond substituents is 1. The zero-order valence-corrected chi connectivity index (χ0v) is 22.1. The van der Waals surface area contributed by atoms with Crippen LogP contribution in [0.3, 0.4) is 0 Å². The highest BCUT2D eigenvalue weighted by Gasteiger charge is 2.76. The van der Waals surface area contributed by atoms with E-state index in [9.17, 15) is 24.3 Å². The number of carbonyl (C=O) groups is 4. The summed E-state index contributed by atoms with van der Waals surface area (Å²) in [6, 6.07) is 4.59. The fourth-order valence-corrected chi connectivity index (χ4v) is 7.80. The van der Waals surface area contributed by atoms with E-state index < -0.39 is 45.2 Å². The van der Waals surface area contributed by atoms with Gasteiger partial charge in [-0.2, -0.15) is 0 Å². The number of rotatable bonds is 4. The molecule has 3 fully saturated rings. The van der Waals surface area contributed by atoms with E-state index in [4.69, 9.17) is 27.9 Å². The molecule has 0 unspecified atom stereocenters. The van der Waals surface area contributed by atoms with Crippen molar-refractivity contribution in [2.24, 2.45) is 17.8 Å². The lowest BCUT2D eigenvalue weighted by Crippen LogP contribution is -2.60. The molecule has 6 atom stereocenters. The summed E-state index contributed by atoms with van der Waals surface area (Å²) >= 11 is 17.4. The highest BCUT2D eigenvalue weighted by atomic mass is 79.9. The van der Waals surface area contributed by atoms with Gasteiger partial charge in [-0.05, 0) is 43.4 Å². The standard InChI is InChI=1S/C24H23BrCl2N2O6/c1-3-28-19(31)13-6-5-12-14(17(13)20(28)32)9-23(26)21(33)29(10-25)22(34)24(23,27)18(12)11-4-7-15(30)16(8-11)35-2/h4-5,7-8,13-14,17-18,30H,3,6,9-10H2,1-2H3/t13-,14+,17-,18-,23+,24-/m0/s1. The lowest BCUT2D eigenvalue weighted by Gasteiger charge is -2.50. The van der Waals surface area contributed by atoms with Gasteiger partial charge in [0.1, 0.15) is 0 Å². The third-order valence-electron chi connectivity index (χ3n) is 7.96. The van der Waals surface area contributed by atoms with Crippen molar-refractivity contribution in [1.29, 1.82) is 0 Å². The van der Waals surface area contributed by atoms with Crippen LogP contribution in [0, 0.1) is 17.8 Å². The Morgan fingerprint density at radius 3 is 2.46 bits per heavy atom. The molecular weight excluding hydrogens is 563 g/mol. The van der Waals surface area contributed by atoms with Crippen LogP contribution in [0.2, 0.25) is 0 Å². The molecule has 5 rings (SSSR count). The number of carbonyl (C=O) groups excluding carboxylic acids is 4. The number of nitrogens with zero attached hydrogens (tertiary/aromatic N) is 2. The number of benzene rings is 1. The number of ether oxygens (including phenoxy) is 1. The number of phenols is 1. The Labute approximate surface area is 220 Å². The second-order valence-electron chi connectivity index (χ2n) is 9.34. The van der Waals surface area contributed by atoms with Crippen LogP contribution in [-0.2, 0) is 19.2 Å². The average molecular weight is 586 g/mol. The predicted molar refractivity (Wildman–Crippen MR) is 130 cm³/mol. The van der Waals surface area contributed by atoms with Crippen molar-refractivity contribution in [2.75, 3.05) is 19.1 Å². The van der Waals surface area contributed by atoms with Crippen molar-refractivity contribution in [1.82, 2.24) is 9.80 Å². The first-order valence-corrected chi connectivity index (χ1v) is 13.2.